The van der Waals surface area contributed by atoms with Gasteiger partial charge < -0.3 is 0 Å². The Kier molecular flexibility index (Phi) is 2.07. The summed E-state index contributed by atoms with van der Waals surface area (Å²) in [6.07, 6.45) is 0. The SMILES string of the molecule is Cc1ccc(=O)ccc1Cl. The van der Waals surface area contributed by atoms with Crippen LogP contribution < -0.4 is 5.43 Å². The van der Waals surface area contributed by atoms with E-state index in [-0.39, 0.29) is 5.43 Å². The molecule has 1 aromatic rings. The van der Waals surface area contributed by atoms with E-state index in [9.17, 15) is 4.79 Å². The molecule has 0 aromatic heterocycles. The fourth-order valence-corrected chi connectivity index (χ4v) is 0.755. The Morgan fingerprint density at radius 3 is 2.50 bits per heavy atom. The van der Waals surface area contributed by atoms with E-state index in [4.69, 9.17) is 11.6 Å². The van der Waals surface area contributed by atoms with Gasteiger partial charge >= 0.3 is 0 Å². The predicted molar refractivity (Wildman–Crippen MR) is 42.5 cm³/mol. The molecule has 0 bridgehead atoms. The van der Waals surface area contributed by atoms with Crippen LogP contribution in [0.4, 0.5) is 0 Å². The zero-order chi connectivity index (χ0) is 7.56. The summed E-state index contributed by atoms with van der Waals surface area (Å²) in [6.45, 7) is 1.86. The summed E-state index contributed by atoms with van der Waals surface area (Å²) in [5.41, 5.74) is 0.902. The molecule has 0 unspecified atom stereocenters. The van der Waals surface area contributed by atoms with Gasteiger partial charge in [0.2, 0.25) is 0 Å². The van der Waals surface area contributed by atoms with Gasteiger partial charge in [0.15, 0.2) is 5.43 Å². The maximum atomic E-state index is 10.7. The van der Waals surface area contributed by atoms with Crippen molar-refractivity contribution in [3.05, 3.63) is 45.1 Å². The predicted octanol–water partition coefficient (Wildman–Crippen LogP) is 2.01. The average molecular weight is 155 g/mol. The first-order chi connectivity index (χ1) is 4.70. The maximum Gasteiger partial charge on any atom is 0.178 e. The Morgan fingerprint density at radius 2 is 1.80 bits per heavy atom. The van der Waals surface area contributed by atoms with E-state index in [1.54, 1.807) is 12.1 Å². The van der Waals surface area contributed by atoms with Crippen molar-refractivity contribution in [2.45, 2.75) is 6.92 Å². The molecule has 1 nitrogen and oxygen atoms in total. The Bertz CT molecular complexity index is 266. The third kappa shape index (κ3) is 1.58. The number of hydrogen-bond donors (Lipinski definition) is 0. The lowest BCUT2D eigenvalue weighted by molar-refractivity contribution is 1.51. The van der Waals surface area contributed by atoms with Crippen molar-refractivity contribution in [3.8, 4) is 0 Å². The normalized spacial score (nSPS) is 9.40. The third-order valence-corrected chi connectivity index (χ3v) is 1.69. The van der Waals surface area contributed by atoms with Crippen LogP contribution in [0.5, 0.6) is 0 Å². The molecule has 0 aliphatic rings. The zero-order valence-corrected chi connectivity index (χ0v) is 6.35. The van der Waals surface area contributed by atoms with Crippen LogP contribution in [0, 0.1) is 6.92 Å². The third-order valence-electron chi connectivity index (χ3n) is 1.27. The largest absolute Gasteiger partial charge is 0.290 e. The molecule has 0 aliphatic carbocycles. The van der Waals surface area contributed by atoms with Crippen LogP contribution in [0.25, 0.3) is 0 Å². The molecule has 1 aromatic carbocycles. The average Bonchev–Trinajstić information content (AvgIpc) is 2.04. The van der Waals surface area contributed by atoms with E-state index in [2.05, 4.69) is 0 Å². The van der Waals surface area contributed by atoms with Crippen molar-refractivity contribution in [2.75, 3.05) is 0 Å². The molecule has 0 aliphatic heterocycles. The van der Waals surface area contributed by atoms with Crippen molar-refractivity contribution in [3.63, 3.8) is 0 Å². The lowest BCUT2D eigenvalue weighted by Crippen LogP contribution is -1.87. The van der Waals surface area contributed by atoms with E-state index in [1.807, 2.05) is 6.92 Å². The van der Waals surface area contributed by atoms with Crippen molar-refractivity contribution in [1.29, 1.82) is 0 Å². The minimum absolute atomic E-state index is 0.0185. The highest BCUT2D eigenvalue weighted by molar-refractivity contribution is 6.31. The monoisotopic (exact) mass is 154 g/mol. The zero-order valence-electron chi connectivity index (χ0n) is 5.60. The molecule has 0 heterocycles. The molecule has 0 saturated carbocycles. The molecule has 0 amide bonds. The van der Waals surface area contributed by atoms with Gasteiger partial charge in [-0.2, -0.15) is 0 Å². The summed E-state index contributed by atoms with van der Waals surface area (Å²) < 4.78 is 0. The Morgan fingerprint density at radius 1 is 1.20 bits per heavy atom. The molecular formula is C8H7ClO. The van der Waals surface area contributed by atoms with Gasteiger partial charge in [0.1, 0.15) is 0 Å². The van der Waals surface area contributed by atoms with Crippen LogP contribution in [0.1, 0.15) is 5.56 Å². The van der Waals surface area contributed by atoms with Crippen LogP contribution in [0.2, 0.25) is 5.02 Å². The van der Waals surface area contributed by atoms with E-state index in [1.165, 1.54) is 12.1 Å². The molecule has 0 N–H and O–H groups in total. The fourth-order valence-electron chi connectivity index (χ4n) is 0.629. The number of hydrogen-bond acceptors (Lipinski definition) is 1. The summed E-state index contributed by atoms with van der Waals surface area (Å²) in [5.74, 6) is 0. The molecule has 0 atom stereocenters. The molecule has 2 heteroatoms. The Hall–Kier alpha value is -0.820. The van der Waals surface area contributed by atoms with Gasteiger partial charge in [0.05, 0.1) is 0 Å². The summed E-state index contributed by atoms with van der Waals surface area (Å²) in [7, 11) is 0. The number of halogens is 1. The lowest BCUT2D eigenvalue weighted by atomic mass is 10.3. The van der Waals surface area contributed by atoms with Gasteiger partial charge in [-0.05, 0) is 30.7 Å². The summed E-state index contributed by atoms with van der Waals surface area (Å²) in [6, 6.07) is 6.28. The van der Waals surface area contributed by atoms with E-state index in [0.29, 0.717) is 5.02 Å². The van der Waals surface area contributed by atoms with E-state index >= 15 is 0 Å². The van der Waals surface area contributed by atoms with Crippen LogP contribution in [0.3, 0.4) is 0 Å². The van der Waals surface area contributed by atoms with E-state index in [0.717, 1.165) is 5.56 Å². The molecular weight excluding hydrogens is 148 g/mol. The molecule has 52 valence electrons. The van der Waals surface area contributed by atoms with Crippen molar-refractivity contribution in [1.82, 2.24) is 0 Å². The Balaban J connectivity index is 3.42. The molecule has 0 saturated heterocycles. The van der Waals surface area contributed by atoms with Gasteiger partial charge in [-0.1, -0.05) is 17.7 Å². The van der Waals surface area contributed by atoms with Gasteiger partial charge in [-0.15, -0.1) is 0 Å². The van der Waals surface area contributed by atoms with E-state index < -0.39 is 0 Å². The lowest BCUT2D eigenvalue weighted by Gasteiger charge is -1.84. The minimum atomic E-state index is -0.0185. The summed E-state index contributed by atoms with van der Waals surface area (Å²) in [4.78, 5) is 10.7. The van der Waals surface area contributed by atoms with Crippen molar-refractivity contribution >= 4 is 11.6 Å². The maximum absolute atomic E-state index is 10.7. The minimum Gasteiger partial charge on any atom is -0.290 e. The van der Waals surface area contributed by atoms with Gasteiger partial charge in [-0.3, -0.25) is 4.79 Å². The standard InChI is InChI=1S/C8H7ClO/c1-6-2-3-7(10)4-5-8(6)9/h2-5H,1H3. The second-order valence-electron chi connectivity index (χ2n) is 2.10. The highest BCUT2D eigenvalue weighted by Gasteiger charge is 1.88. The highest BCUT2D eigenvalue weighted by Crippen LogP contribution is 2.09. The second-order valence-corrected chi connectivity index (χ2v) is 2.51. The topological polar surface area (TPSA) is 17.1 Å². The van der Waals surface area contributed by atoms with Gasteiger partial charge in [0, 0.05) is 5.02 Å². The van der Waals surface area contributed by atoms with Gasteiger partial charge in [-0.25, -0.2) is 0 Å². The number of aryl methyl sites for hydroxylation is 1. The smallest absolute Gasteiger partial charge is 0.178 e. The second kappa shape index (κ2) is 2.84. The van der Waals surface area contributed by atoms with Crippen LogP contribution in [-0.2, 0) is 0 Å². The van der Waals surface area contributed by atoms with Crippen LogP contribution in [0.15, 0.2) is 29.1 Å². The molecule has 10 heavy (non-hydrogen) atoms. The summed E-state index contributed by atoms with van der Waals surface area (Å²) in [5, 5.41) is 0.627. The van der Waals surface area contributed by atoms with Crippen molar-refractivity contribution < 1.29 is 0 Å². The van der Waals surface area contributed by atoms with Crippen LogP contribution in [-0.4, -0.2) is 0 Å². The number of rotatable bonds is 0. The molecule has 0 radical (unpaired) electrons. The van der Waals surface area contributed by atoms with Crippen molar-refractivity contribution in [2.24, 2.45) is 0 Å². The Labute approximate surface area is 64.3 Å². The first-order valence-electron chi connectivity index (χ1n) is 2.96. The first kappa shape index (κ1) is 7.29. The molecule has 0 fully saturated rings. The highest BCUT2D eigenvalue weighted by atomic mass is 35.5. The fraction of sp³-hybridized carbons (Fsp3) is 0.125. The van der Waals surface area contributed by atoms with Crippen LogP contribution >= 0.6 is 11.6 Å². The van der Waals surface area contributed by atoms with Gasteiger partial charge in [0.25, 0.3) is 0 Å². The summed E-state index contributed by atoms with van der Waals surface area (Å²) >= 11 is 5.73. The molecule has 1 rings (SSSR count). The molecule has 0 spiro atoms. The first-order valence-corrected chi connectivity index (χ1v) is 3.34. The quantitative estimate of drug-likeness (QED) is 0.559.